The smallest absolute Gasteiger partial charge is 0.0561 e. The second-order valence-corrected chi connectivity index (χ2v) is 5.83. The highest BCUT2D eigenvalue weighted by atomic mass is 14.8. The van der Waals surface area contributed by atoms with Gasteiger partial charge in [0.2, 0.25) is 10.8 Å². The van der Waals surface area contributed by atoms with Gasteiger partial charge in [-0.25, -0.2) is 0 Å². The van der Waals surface area contributed by atoms with Crippen LogP contribution >= 0.6 is 0 Å². The van der Waals surface area contributed by atoms with Gasteiger partial charge in [0.1, 0.15) is 0 Å². The Labute approximate surface area is 125 Å². The molecule has 0 saturated carbocycles. The molecule has 0 aliphatic heterocycles. The van der Waals surface area contributed by atoms with Crippen LogP contribution in [0.5, 0.6) is 0 Å². The third kappa shape index (κ3) is 5.42. The lowest BCUT2D eigenvalue weighted by molar-refractivity contribution is 0.590. The predicted molar refractivity (Wildman–Crippen MR) is 85.8 cm³/mol. The molecule has 21 heavy (non-hydrogen) atoms. The fourth-order valence-corrected chi connectivity index (χ4v) is 1.64. The van der Waals surface area contributed by atoms with Crippen LogP contribution in [0.2, 0.25) is 0 Å². The highest BCUT2D eigenvalue weighted by molar-refractivity contribution is 5.46. The Hall–Kier alpha value is -2.72. The molecule has 0 amide bonds. The summed E-state index contributed by atoms with van der Waals surface area (Å²) in [6, 6.07) is 14.9. The van der Waals surface area contributed by atoms with Crippen molar-refractivity contribution in [1.29, 1.82) is 10.8 Å². The SMILES string of the molecule is CC(C)(C)c1ccc([N+]#N)cc1.Cc1ccc([N+]#N)cc1. The molecule has 4 heteroatoms. The molecule has 0 heterocycles. The molecule has 0 aliphatic rings. The maximum atomic E-state index is 8.46. The summed E-state index contributed by atoms with van der Waals surface area (Å²) in [4.78, 5) is 6.11. The van der Waals surface area contributed by atoms with Crippen molar-refractivity contribution in [3.05, 3.63) is 69.6 Å². The fourth-order valence-electron chi connectivity index (χ4n) is 1.64. The summed E-state index contributed by atoms with van der Waals surface area (Å²) in [5, 5.41) is 16.7. The lowest BCUT2D eigenvalue weighted by Gasteiger charge is -2.17. The van der Waals surface area contributed by atoms with Gasteiger partial charge in [-0.05, 0) is 17.9 Å². The molecular formula is C17H20N4+2. The Balaban J connectivity index is 0.000000219. The minimum absolute atomic E-state index is 0.161. The summed E-state index contributed by atoms with van der Waals surface area (Å²) in [6.45, 7) is 8.44. The average molecular weight is 280 g/mol. The van der Waals surface area contributed by atoms with Crippen LogP contribution in [-0.4, -0.2) is 0 Å². The summed E-state index contributed by atoms with van der Waals surface area (Å²) in [5.74, 6) is 0. The van der Waals surface area contributed by atoms with E-state index in [1.54, 1.807) is 24.3 Å². The molecule has 0 aliphatic carbocycles. The van der Waals surface area contributed by atoms with Gasteiger partial charge < -0.3 is 0 Å². The average Bonchev–Trinajstić information content (AvgIpc) is 2.48. The molecule has 2 aromatic rings. The lowest BCUT2D eigenvalue weighted by Crippen LogP contribution is -2.10. The molecule has 0 saturated heterocycles. The number of hydrogen-bond acceptors (Lipinski definition) is 2. The van der Waals surface area contributed by atoms with Gasteiger partial charge in [0.15, 0.2) is 9.95 Å². The molecule has 4 nitrogen and oxygen atoms in total. The largest absolute Gasteiger partial charge is 0.385 e. The Kier molecular flexibility index (Phi) is 5.57. The van der Waals surface area contributed by atoms with Crippen molar-refractivity contribution in [1.82, 2.24) is 0 Å². The Morgan fingerprint density at radius 1 is 0.714 bits per heavy atom. The molecule has 2 rings (SSSR count). The van der Waals surface area contributed by atoms with Gasteiger partial charge in [0.05, 0.1) is 0 Å². The van der Waals surface area contributed by atoms with Crippen molar-refractivity contribution in [2.75, 3.05) is 0 Å². The maximum absolute atomic E-state index is 8.46. The van der Waals surface area contributed by atoms with Crippen molar-refractivity contribution >= 4 is 11.4 Å². The highest BCUT2D eigenvalue weighted by Crippen LogP contribution is 2.24. The van der Waals surface area contributed by atoms with Gasteiger partial charge in [-0.15, -0.1) is 0 Å². The summed E-state index contributed by atoms with van der Waals surface area (Å²) >= 11 is 0. The Bertz CT molecular complexity index is 650. The topological polar surface area (TPSA) is 56.3 Å². The third-order valence-corrected chi connectivity index (χ3v) is 3.00. The summed E-state index contributed by atoms with van der Waals surface area (Å²) < 4.78 is 0. The maximum Gasteiger partial charge on any atom is 0.385 e. The van der Waals surface area contributed by atoms with Crippen LogP contribution in [-0.2, 0) is 5.41 Å². The van der Waals surface area contributed by atoms with E-state index >= 15 is 0 Å². The zero-order valence-electron chi connectivity index (χ0n) is 12.9. The van der Waals surface area contributed by atoms with Crippen molar-refractivity contribution in [2.45, 2.75) is 33.1 Å². The molecule has 0 aromatic heterocycles. The minimum Gasteiger partial charge on any atom is -0.0561 e. The zero-order chi connectivity index (χ0) is 15.9. The van der Waals surface area contributed by atoms with Crippen LogP contribution in [0.25, 0.3) is 9.95 Å². The van der Waals surface area contributed by atoms with Crippen molar-refractivity contribution < 1.29 is 0 Å². The molecule has 0 fully saturated rings. The number of nitrogens with zero attached hydrogens (tertiary/aromatic N) is 4. The van der Waals surface area contributed by atoms with E-state index in [1.165, 1.54) is 11.1 Å². The second kappa shape index (κ2) is 7.17. The Morgan fingerprint density at radius 3 is 1.43 bits per heavy atom. The number of aryl methyl sites for hydroxylation is 1. The van der Waals surface area contributed by atoms with E-state index in [4.69, 9.17) is 10.8 Å². The van der Waals surface area contributed by atoms with E-state index in [2.05, 4.69) is 30.7 Å². The van der Waals surface area contributed by atoms with E-state index in [9.17, 15) is 0 Å². The summed E-state index contributed by atoms with van der Waals surface area (Å²) in [6.07, 6.45) is 0. The number of rotatable bonds is 0. The number of hydrogen-bond donors (Lipinski definition) is 0. The quantitative estimate of drug-likeness (QED) is 0.560. The second-order valence-electron chi connectivity index (χ2n) is 5.83. The molecule has 0 atom stereocenters. The first-order valence-corrected chi connectivity index (χ1v) is 6.74. The van der Waals surface area contributed by atoms with E-state index in [-0.39, 0.29) is 5.41 Å². The van der Waals surface area contributed by atoms with Crippen LogP contribution in [0.3, 0.4) is 0 Å². The standard InChI is InChI=1S/C10H13N2.C7H7N2/c1-10(2,3)8-4-6-9(12-11)7-5-8;1-6-2-4-7(9-8)5-3-6/h4-7H,1-3H3;2-5H,1H3/q2*+1. The van der Waals surface area contributed by atoms with Gasteiger partial charge in [0, 0.05) is 24.3 Å². The molecular weight excluding hydrogens is 260 g/mol. The van der Waals surface area contributed by atoms with Crippen molar-refractivity contribution in [3.8, 4) is 0 Å². The van der Waals surface area contributed by atoms with Gasteiger partial charge >= 0.3 is 11.4 Å². The number of benzene rings is 2. The first kappa shape index (κ1) is 16.3. The molecule has 0 spiro atoms. The van der Waals surface area contributed by atoms with Gasteiger partial charge in [-0.3, -0.25) is 0 Å². The predicted octanol–water partition coefficient (Wildman–Crippen LogP) is 5.95. The van der Waals surface area contributed by atoms with Gasteiger partial charge in [0.25, 0.3) is 0 Å². The van der Waals surface area contributed by atoms with Crippen LogP contribution < -0.4 is 0 Å². The number of diazo groups is 2. The molecule has 0 bridgehead atoms. The van der Waals surface area contributed by atoms with Gasteiger partial charge in [-0.1, -0.05) is 50.6 Å². The van der Waals surface area contributed by atoms with E-state index in [0.29, 0.717) is 11.4 Å². The molecule has 2 aromatic carbocycles. The van der Waals surface area contributed by atoms with Crippen molar-refractivity contribution in [2.24, 2.45) is 0 Å². The van der Waals surface area contributed by atoms with Crippen LogP contribution in [0.1, 0.15) is 31.9 Å². The van der Waals surface area contributed by atoms with Crippen LogP contribution in [0, 0.1) is 17.7 Å². The minimum atomic E-state index is 0.161. The third-order valence-electron chi connectivity index (χ3n) is 3.00. The first-order chi connectivity index (χ1) is 9.86. The Morgan fingerprint density at radius 2 is 1.10 bits per heavy atom. The van der Waals surface area contributed by atoms with E-state index < -0.39 is 0 Å². The zero-order valence-corrected chi connectivity index (χ0v) is 12.9. The lowest BCUT2D eigenvalue weighted by atomic mass is 9.87. The summed E-state index contributed by atoms with van der Waals surface area (Å²) in [5.41, 5.74) is 3.77. The van der Waals surface area contributed by atoms with Crippen molar-refractivity contribution in [3.63, 3.8) is 0 Å². The normalized spacial score (nSPS) is 9.81. The molecule has 0 radical (unpaired) electrons. The van der Waals surface area contributed by atoms with E-state index in [1.807, 2.05) is 31.2 Å². The molecule has 0 N–H and O–H groups in total. The summed E-state index contributed by atoms with van der Waals surface area (Å²) in [7, 11) is 0. The molecule has 0 unspecified atom stereocenters. The van der Waals surface area contributed by atoms with Crippen LogP contribution in [0.15, 0.2) is 48.5 Å². The fraction of sp³-hybridized carbons (Fsp3) is 0.294. The highest BCUT2D eigenvalue weighted by Gasteiger charge is 2.14. The van der Waals surface area contributed by atoms with Crippen LogP contribution in [0.4, 0.5) is 11.4 Å². The van der Waals surface area contributed by atoms with E-state index in [0.717, 1.165) is 0 Å². The monoisotopic (exact) mass is 280 g/mol. The van der Waals surface area contributed by atoms with Gasteiger partial charge in [-0.2, -0.15) is 0 Å². The first-order valence-electron chi connectivity index (χ1n) is 6.74. The molecule has 106 valence electrons.